The van der Waals surface area contributed by atoms with Crippen LogP contribution in [0.25, 0.3) is 0 Å². The van der Waals surface area contributed by atoms with Crippen LogP contribution in [-0.4, -0.2) is 27.2 Å². The van der Waals surface area contributed by atoms with E-state index < -0.39 is 17.4 Å². The Morgan fingerprint density at radius 3 is 2.87 bits per heavy atom. The van der Waals surface area contributed by atoms with E-state index in [0.29, 0.717) is 0 Å². The van der Waals surface area contributed by atoms with E-state index in [1.807, 2.05) is 0 Å². The van der Waals surface area contributed by atoms with Gasteiger partial charge in [-0.3, -0.25) is 19.6 Å². The quantitative estimate of drug-likeness (QED) is 0.649. The van der Waals surface area contributed by atoms with Crippen LogP contribution in [0, 0.1) is 17.0 Å². The van der Waals surface area contributed by atoms with Gasteiger partial charge in [0.1, 0.15) is 24.7 Å². The number of hydrogen-bond acceptors (Lipinski definition) is 5. The van der Waals surface area contributed by atoms with Crippen molar-refractivity contribution in [3.8, 4) is 5.75 Å². The average Bonchev–Trinajstić information content (AvgIpc) is 2.90. The van der Waals surface area contributed by atoms with Gasteiger partial charge in [0.2, 0.25) is 5.91 Å². The van der Waals surface area contributed by atoms with Gasteiger partial charge in [0, 0.05) is 0 Å². The number of ether oxygens (including phenoxy) is 1. The van der Waals surface area contributed by atoms with Gasteiger partial charge in [-0.05, 0) is 24.6 Å². The first kappa shape index (κ1) is 16.3. The van der Waals surface area contributed by atoms with E-state index in [2.05, 4.69) is 15.2 Å². The fraction of sp³-hybridized carbons (Fsp3) is 0.231. The highest BCUT2D eigenvalue weighted by Crippen LogP contribution is 2.27. The number of halogens is 2. The van der Waals surface area contributed by atoms with Crippen molar-refractivity contribution in [1.82, 2.24) is 9.78 Å². The summed E-state index contributed by atoms with van der Waals surface area (Å²) in [4.78, 5) is 21.8. The van der Waals surface area contributed by atoms with Crippen molar-refractivity contribution in [3.63, 3.8) is 0 Å². The summed E-state index contributed by atoms with van der Waals surface area (Å²) in [7, 11) is 0. The normalized spacial score (nSPS) is 10.6. The summed E-state index contributed by atoms with van der Waals surface area (Å²) in [5, 5.41) is 16.6. The molecule has 1 N–H and O–H groups in total. The molecular formula is C13H12F2N4O4. The zero-order valence-electron chi connectivity index (χ0n) is 11.9. The maximum Gasteiger partial charge on any atom is 0.387 e. The summed E-state index contributed by atoms with van der Waals surface area (Å²) in [5.41, 5.74) is 0.559. The third-order valence-corrected chi connectivity index (χ3v) is 2.76. The molecule has 23 heavy (non-hydrogen) atoms. The molecule has 0 aliphatic carbocycles. The van der Waals surface area contributed by atoms with Gasteiger partial charge in [-0.1, -0.05) is 6.07 Å². The number of aryl methyl sites for hydroxylation is 1. The largest absolute Gasteiger partial charge is 0.433 e. The Hall–Kier alpha value is -3.04. The molecule has 0 fully saturated rings. The summed E-state index contributed by atoms with van der Waals surface area (Å²) in [6.07, 6.45) is 2.09. The third kappa shape index (κ3) is 4.46. The molecule has 2 aromatic rings. The maximum absolute atomic E-state index is 12.4. The average molecular weight is 326 g/mol. The molecule has 0 radical (unpaired) electrons. The minimum atomic E-state index is -3.03. The molecule has 1 aromatic carbocycles. The number of nitrogens with zero attached hydrogens (tertiary/aromatic N) is 3. The Morgan fingerprint density at radius 1 is 1.52 bits per heavy atom. The van der Waals surface area contributed by atoms with Gasteiger partial charge < -0.3 is 10.1 Å². The molecule has 8 nitrogen and oxygen atoms in total. The van der Waals surface area contributed by atoms with E-state index >= 15 is 0 Å². The number of anilines is 1. The number of alkyl halides is 2. The number of hydrogen-bond donors (Lipinski definition) is 1. The number of carbonyl (C=O) groups excluding carboxylic acids is 1. The van der Waals surface area contributed by atoms with Crippen molar-refractivity contribution >= 4 is 17.3 Å². The molecule has 1 amide bonds. The molecule has 0 atom stereocenters. The van der Waals surface area contributed by atoms with E-state index in [4.69, 9.17) is 0 Å². The minimum absolute atomic E-state index is 0.0805. The van der Waals surface area contributed by atoms with Crippen molar-refractivity contribution < 1.29 is 23.2 Å². The number of carbonyl (C=O) groups is 1. The lowest BCUT2D eigenvalue weighted by atomic mass is 10.2. The molecule has 0 saturated heterocycles. The Kier molecular flexibility index (Phi) is 4.84. The van der Waals surface area contributed by atoms with Gasteiger partial charge in [0.05, 0.1) is 10.6 Å². The fourth-order valence-corrected chi connectivity index (χ4v) is 1.81. The highest BCUT2D eigenvalue weighted by Gasteiger charge is 2.14. The Morgan fingerprint density at radius 2 is 2.26 bits per heavy atom. The number of nitro groups is 1. The molecule has 0 spiro atoms. The molecular weight excluding hydrogens is 314 g/mol. The summed E-state index contributed by atoms with van der Waals surface area (Å²) < 4.78 is 30.1. The van der Waals surface area contributed by atoms with Crippen molar-refractivity contribution in [2.75, 3.05) is 5.32 Å². The second-order valence-corrected chi connectivity index (χ2v) is 4.58. The third-order valence-electron chi connectivity index (χ3n) is 2.76. The maximum atomic E-state index is 12.4. The van der Waals surface area contributed by atoms with Crippen LogP contribution in [0.5, 0.6) is 5.75 Å². The number of aromatic nitrogens is 2. The number of benzene rings is 1. The van der Waals surface area contributed by atoms with Crippen molar-refractivity contribution in [2.24, 2.45) is 0 Å². The van der Waals surface area contributed by atoms with Gasteiger partial charge in [-0.25, -0.2) is 0 Å². The number of nitrogens with one attached hydrogen (secondary N) is 1. The van der Waals surface area contributed by atoms with Gasteiger partial charge in [-0.2, -0.15) is 13.9 Å². The molecule has 1 aromatic heterocycles. The molecule has 2 rings (SSSR count). The molecule has 0 saturated carbocycles. The Labute approximate surface area is 128 Å². The van der Waals surface area contributed by atoms with Gasteiger partial charge in [0.15, 0.2) is 0 Å². The Balaban J connectivity index is 2.09. The van der Waals surface area contributed by atoms with E-state index in [9.17, 15) is 23.7 Å². The van der Waals surface area contributed by atoms with Gasteiger partial charge in [-0.15, -0.1) is 0 Å². The van der Waals surface area contributed by atoms with Crippen LogP contribution in [0.2, 0.25) is 0 Å². The first-order valence-electron chi connectivity index (χ1n) is 6.37. The first-order valence-corrected chi connectivity index (χ1v) is 6.37. The van der Waals surface area contributed by atoms with Crippen LogP contribution < -0.4 is 10.1 Å². The molecule has 0 bridgehead atoms. The highest BCUT2D eigenvalue weighted by molar-refractivity contribution is 5.92. The molecule has 1 heterocycles. The molecule has 0 unspecified atom stereocenters. The lowest BCUT2D eigenvalue weighted by Crippen LogP contribution is -2.20. The summed E-state index contributed by atoms with van der Waals surface area (Å²) in [5.74, 6) is -0.766. The zero-order chi connectivity index (χ0) is 17.0. The lowest BCUT2D eigenvalue weighted by molar-refractivity contribution is -0.385. The molecule has 122 valence electrons. The lowest BCUT2D eigenvalue weighted by Gasteiger charge is -2.12. The van der Waals surface area contributed by atoms with E-state index in [0.717, 1.165) is 22.6 Å². The van der Waals surface area contributed by atoms with Crippen LogP contribution in [-0.2, 0) is 11.3 Å². The minimum Gasteiger partial charge on any atom is -0.433 e. The van der Waals surface area contributed by atoms with Crippen LogP contribution in [0.15, 0.2) is 30.6 Å². The monoisotopic (exact) mass is 326 g/mol. The zero-order valence-corrected chi connectivity index (χ0v) is 11.9. The highest BCUT2D eigenvalue weighted by atomic mass is 19.3. The second kappa shape index (κ2) is 6.81. The standard InChI is InChI=1S/C13H12F2N4O4/c1-8-2-3-11(23-13(14)15)10(4-8)17-12(20)7-18-6-9(5-16-18)19(21)22/h2-6,13H,7H2,1H3,(H,17,20). The van der Waals surface area contributed by atoms with Crippen LogP contribution >= 0.6 is 0 Å². The molecule has 10 heteroatoms. The number of rotatable bonds is 6. The van der Waals surface area contributed by atoms with Crippen LogP contribution in [0.4, 0.5) is 20.2 Å². The predicted molar refractivity (Wildman–Crippen MR) is 75.3 cm³/mol. The van der Waals surface area contributed by atoms with Gasteiger partial charge in [0.25, 0.3) is 0 Å². The first-order chi connectivity index (χ1) is 10.8. The Bertz CT molecular complexity index is 733. The van der Waals surface area contributed by atoms with Crippen molar-refractivity contribution in [2.45, 2.75) is 20.1 Å². The van der Waals surface area contributed by atoms with E-state index in [1.54, 1.807) is 13.0 Å². The molecule has 0 aliphatic rings. The van der Waals surface area contributed by atoms with Gasteiger partial charge >= 0.3 is 12.3 Å². The number of amides is 1. The fourth-order valence-electron chi connectivity index (χ4n) is 1.81. The predicted octanol–water partition coefficient (Wildman–Crippen LogP) is 2.34. The SMILES string of the molecule is Cc1ccc(OC(F)F)c(NC(=O)Cn2cc([N+](=O)[O-])cn2)c1. The topological polar surface area (TPSA) is 99.3 Å². The van der Waals surface area contributed by atoms with E-state index in [1.165, 1.54) is 12.1 Å². The summed E-state index contributed by atoms with van der Waals surface area (Å²) in [6.45, 7) is -1.61. The van der Waals surface area contributed by atoms with E-state index in [-0.39, 0.29) is 23.7 Å². The van der Waals surface area contributed by atoms with Crippen LogP contribution in [0.1, 0.15) is 5.56 Å². The van der Waals surface area contributed by atoms with Crippen molar-refractivity contribution in [1.29, 1.82) is 0 Å². The summed E-state index contributed by atoms with van der Waals surface area (Å²) >= 11 is 0. The smallest absolute Gasteiger partial charge is 0.387 e. The van der Waals surface area contributed by atoms with Crippen molar-refractivity contribution in [3.05, 3.63) is 46.3 Å². The van der Waals surface area contributed by atoms with Crippen LogP contribution in [0.3, 0.4) is 0 Å². The summed E-state index contributed by atoms with van der Waals surface area (Å²) in [6, 6.07) is 4.35. The molecule has 0 aliphatic heterocycles. The second-order valence-electron chi connectivity index (χ2n) is 4.58.